The molecule has 1 N–H and O–H groups in total. The van der Waals surface area contributed by atoms with E-state index >= 15 is 0 Å². The first-order chi connectivity index (χ1) is 7.09. The summed E-state index contributed by atoms with van der Waals surface area (Å²) in [7, 11) is 0. The van der Waals surface area contributed by atoms with Crippen molar-refractivity contribution >= 4 is 11.3 Å². The van der Waals surface area contributed by atoms with Gasteiger partial charge in [0.05, 0.1) is 6.26 Å². The lowest BCUT2D eigenvalue weighted by Gasteiger charge is -2.08. The first kappa shape index (κ1) is 10.5. The lowest BCUT2D eigenvalue weighted by molar-refractivity contribution is 0.218. The summed E-state index contributed by atoms with van der Waals surface area (Å²) in [6, 6.07) is 3.86. The molecular formula is C12H14O2S. The molecule has 2 heterocycles. The van der Waals surface area contributed by atoms with Crippen LogP contribution in [-0.2, 0) is 0 Å². The first-order valence-corrected chi connectivity index (χ1v) is 5.70. The SMILES string of the molecule is Cc1cc(C(O)c2ccoc2C)c(C)s1. The van der Waals surface area contributed by atoms with Gasteiger partial charge >= 0.3 is 0 Å². The number of aryl methyl sites for hydroxylation is 3. The van der Waals surface area contributed by atoms with Crippen LogP contribution in [0.5, 0.6) is 0 Å². The van der Waals surface area contributed by atoms with E-state index in [1.807, 2.05) is 26.0 Å². The fourth-order valence-corrected chi connectivity index (χ4v) is 2.73. The molecule has 0 amide bonds. The third kappa shape index (κ3) is 1.85. The Kier molecular flexibility index (Phi) is 2.67. The molecule has 0 saturated carbocycles. The second-order valence-electron chi connectivity index (χ2n) is 3.70. The van der Waals surface area contributed by atoms with Gasteiger partial charge in [-0.2, -0.15) is 0 Å². The number of rotatable bonds is 2. The van der Waals surface area contributed by atoms with Crippen LogP contribution in [0.4, 0.5) is 0 Å². The monoisotopic (exact) mass is 222 g/mol. The highest BCUT2D eigenvalue weighted by molar-refractivity contribution is 7.12. The Morgan fingerprint density at radius 3 is 2.47 bits per heavy atom. The van der Waals surface area contributed by atoms with Crippen LogP contribution in [0, 0.1) is 20.8 Å². The van der Waals surface area contributed by atoms with Gasteiger partial charge in [0, 0.05) is 15.3 Å². The van der Waals surface area contributed by atoms with Crippen LogP contribution in [0.2, 0.25) is 0 Å². The Hall–Kier alpha value is -1.06. The molecule has 15 heavy (non-hydrogen) atoms. The molecule has 1 atom stereocenters. The summed E-state index contributed by atoms with van der Waals surface area (Å²) in [5.74, 6) is 0.783. The zero-order valence-electron chi connectivity index (χ0n) is 9.07. The van der Waals surface area contributed by atoms with Crippen molar-refractivity contribution in [3.05, 3.63) is 45.0 Å². The lowest BCUT2D eigenvalue weighted by Crippen LogP contribution is -1.99. The largest absolute Gasteiger partial charge is 0.469 e. The van der Waals surface area contributed by atoms with E-state index in [0.717, 1.165) is 16.9 Å². The Labute approximate surface area is 93.2 Å². The second-order valence-corrected chi connectivity index (χ2v) is 5.16. The standard InChI is InChI=1S/C12H14O2S/c1-7-6-11(9(3)15-7)12(13)10-4-5-14-8(10)2/h4-6,12-13H,1-3H3. The minimum absolute atomic E-state index is 0.561. The number of hydrogen-bond acceptors (Lipinski definition) is 3. The Balaban J connectivity index is 2.40. The Morgan fingerprint density at radius 1 is 1.27 bits per heavy atom. The summed E-state index contributed by atoms with van der Waals surface area (Å²) < 4.78 is 5.20. The highest BCUT2D eigenvalue weighted by Gasteiger charge is 2.18. The predicted molar refractivity (Wildman–Crippen MR) is 61.3 cm³/mol. The maximum atomic E-state index is 10.2. The quantitative estimate of drug-likeness (QED) is 0.845. The molecule has 3 heteroatoms. The van der Waals surface area contributed by atoms with Crippen LogP contribution in [-0.4, -0.2) is 5.11 Å². The average Bonchev–Trinajstić information content (AvgIpc) is 2.71. The van der Waals surface area contributed by atoms with E-state index in [2.05, 4.69) is 6.92 Å². The molecule has 0 fully saturated rings. The summed E-state index contributed by atoms with van der Waals surface area (Å²) in [6.45, 7) is 5.95. The topological polar surface area (TPSA) is 33.4 Å². The van der Waals surface area contributed by atoms with Crippen LogP contribution < -0.4 is 0 Å². The lowest BCUT2D eigenvalue weighted by atomic mass is 10.0. The molecule has 0 spiro atoms. The van der Waals surface area contributed by atoms with E-state index in [-0.39, 0.29) is 0 Å². The second kappa shape index (κ2) is 3.83. The Morgan fingerprint density at radius 2 is 2.00 bits per heavy atom. The molecule has 0 aliphatic rings. The maximum absolute atomic E-state index is 10.2. The molecule has 0 aromatic carbocycles. The third-order valence-corrected chi connectivity index (χ3v) is 3.55. The van der Waals surface area contributed by atoms with E-state index in [1.54, 1.807) is 17.6 Å². The molecule has 0 aliphatic carbocycles. The third-order valence-electron chi connectivity index (χ3n) is 2.57. The van der Waals surface area contributed by atoms with Crippen LogP contribution in [0.25, 0.3) is 0 Å². The van der Waals surface area contributed by atoms with Crippen LogP contribution >= 0.6 is 11.3 Å². The average molecular weight is 222 g/mol. The molecule has 0 radical (unpaired) electrons. The van der Waals surface area contributed by atoms with Crippen molar-refractivity contribution in [1.29, 1.82) is 0 Å². The van der Waals surface area contributed by atoms with Crippen molar-refractivity contribution in [2.24, 2.45) is 0 Å². The van der Waals surface area contributed by atoms with E-state index in [4.69, 9.17) is 4.42 Å². The van der Waals surface area contributed by atoms with Crippen LogP contribution in [0.1, 0.15) is 32.7 Å². The van der Waals surface area contributed by atoms with Crippen LogP contribution in [0.15, 0.2) is 22.8 Å². The zero-order chi connectivity index (χ0) is 11.0. The van der Waals surface area contributed by atoms with Gasteiger partial charge in [-0.25, -0.2) is 0 Å². The van der Waals surface area contributed by atoms with Crippen molar-refractivity contribution in [1.82, 2.24) is 0 Å². The van der Waals surface area contributed by atoms with Gasteiger partial charge in [0.15, 0.2) is 0 Å². The van der Waals surface area contributed by atoms with Gasteiger partial charge in [-0.3, -0.25) is 0 Å². The molecule has 2 nitrogen and oxygen atoms in total. The molecule has 80 valence electrons. The molecular weight excluding hydrogens is 208 g/mol. The van der Waals surface area contributed by atoms with Crippen molar-refractivity contribution in [3.63, 3.8) is 0 Å². The molecule has 0 saturated heterocycles. The molecule has 0 bridgehead atoms. The van der Waals surface area contributed by atoms with Gasteiger partial charge in [0.2, 0.25) is 0 Å². The molecule has 0 aliphatic heterocycles. The van der Waals surface area contributed by atoms with Gasteiger partial charge in [0.25, 0.3) is 0 Å². The number of aliphatic hydroxyl groups is 1. The van der Waals surface area contributed by atoms with Crippen molar-refractivity contribution in [2.75, 3.05) is 0 Å². The molecule has 2 aromatic heterocycles. The minimum atomic E-state index is -0.561. The van der Waals surface area contributed by atoms with Gasteiger partial charge in [-0.05, 0) is 38.5 Å². The van der Waals surface area contributed by atoms with Crippen molar-refractivity contribution < 1.29 is 9.52 Å². The highest BCUT2D eigenvalue weighted by atomic mass is 32.1. The fraction of sp³-hybridized carbons (Fsp3) is 0.333. The maximum Gasteiger partial charge on any atom is 0.108 e. The smallest absolute Gasteiger partial charge is 0.108 e. The number of thiophene rings is 1. The fourth-order valence-electron chi connectivity index (χ4n) is 1.77. The molecule has 2 rings (SSSR count). The van der Waals surface area contributed by atoms with Gasteiger partial charge in [0.1, 0.15) is 11.9 Å². The summed E-state index contributed by atoms with van der Waals surface area (Å²) >= 11 is 1.71. The summed E-state index contributed by atoms with van der Waals surface area (Å²) in [4.78, 5) is 2.39. The first-order valence-electron chi connectivity index (χ1n) is 4.88. The minimum Gasteiger partial charge on any atom is -0.469 e. The number of aliphatic hydroxyl groups excluding tert-OH is 1. The number of hydrogen-bond donors (Lipinski definition) is 1. The van der Waals surface area contributed by atoms with E-state index in [1.165, 1.54) is 9.75 Å². The van der Waals surface area contributed by atoms with Crippen LogP contribution in [0.3, 0.4) is 0 Å². The van der Waals surface area contributed by atoms with Gasteiger partial charge < -0.3 is 9.52 Å². The predicted octanol–water partition coefficient (Wildman–Crippen LogP) is 3.35. The summed E-state index contributed by atoms with van der Waals surface area (Å²) in [5.41, 5.74) is 1.85. The van der Waals surface area contributed by atoms with E-state index in [0.29, 0.717) is 0 Å². The van der Waals surface area contributed by atoms with Gasteiger partial charge in [-0.15, -0.1) is 11.3 Å². The highest BCUT2D eigenvalue weighted by Crippen LogP contribution is 2.32. The van der Waals surface area contributed by atoms with E-state index < -0.39 is 6.10 Å². The molecule has 2 aromatic rings. The molecule has 1 unspecified atom stereocenters. The Bertz CT molecular complexity index is 468. The normalized spacial score (nSPS) is 13.1. The van der Waals surface area contributed by atoms with Crippen molar-refractivity contribution in [2.45, 2.75) is 26.9 Å². The number of furan rings is 1. The zero-order valence-corrected chi connectivity index (χ0v) is 9.89. The van der Waals surface area contributed by atoms with Crippen molar-refractivity contribution in [3.8, 4) is 0 Å². The summed E-state index contributed by atoms with van der Waals surface area (Å²) in [6.07, 6.45) is 1.05. The van der Waals surface area contributed by atoms with Gasteiger partial charge in [-0.1, -0.05) is 0 Å². The summed E-state index contributed by atoms with van der Waals surface area (Å²) in [5, 5.41) is 10.2. The van der Waals surface area contributed by atoms with E-state index in [9.17, 15) is 5.11 Å².